The molecule has 0 amide bonds. The highest BCUT2D eigenvalue weighted by Crippen LogP contribution is 2.30. The summed E-state index contributed by atoms with van der Waals surface area (Å²) in [4.78, 5) is 0. The summed E-state index contributed by atoms with van der Waals surface area (Å²) >= 11 is 0. The van der Waals surface area contributed by atoms with Gasteiger partial charge < -0.3 is 10.6 Å². The quantitative estimate of drug-likeness (QED) is 0.499. The molecular weight excluding hydrogens is 207 g/mol. The second-order valence-corrected chi connectivity index (χ2v) is 2.83. The largest absolute Gasteiger partial charge is 0.416 e. The minimum atomic E-state index is -4.36. The zero-order chi connectivity index (χ0) is 11.5. The summed E-state index contributed by atoms with van der Waals surface area (Å²) in [5, 5.41) is 12.1. The normalized spacial score (nSPS) is 10.9. The third kappa shape index (κ3) is 3.16. The maximum atomic E-state index is 12.3. The Labute approximate surface area is 84.8 Å². The first-order valence-electron chi connectivity index (χ1n) is 4.14. The van der Waals surface area contributed by atoms with Crippen molar-refractivity contribution in [2.75, 3.05) is 12.4 Å². The fourth-order valence-electron chi connectivity index (χ4n) is 0.980. The molecule has 6 heteroatoms. The van der Waals surface area contributed by atoms with Crippen LogP contribution in [0.3, 0.4) is 0 Å². The van der Waals surface area contributed by atoms with Crippen molar-refractivity contribution in [3.63, 3.8) is 0 Å². The fraction of sp³-hybridized carbons (Fsp3) is 0.222. The van der Waals surface area contributed by atoms with Crippen LogP contribution in [0.5, 0.6) is 0 Å². The summed E-state index contributed by atoms with van der Waals surface area (Å²) in [6, 6.07) is 4.68. The highest BCUT2D eigenvalue weighted by Gasteiger charge is 2.30. The summed E-state index contributed by atoms with van der Waals surface area (Å²) in [5.41, 5.74) is -0.513. The first-order chi connectivity index (χ1) is 6.93. The van der Waals surface area contributed by atoms with Gasteiger partial charge >= 0.3 is 6.18 Å². The van der Waals surface area contributed by atoms with Gasteiger partial charge in [-0.15, -0.1) is 0 Å². The zero-order valence-corrected chi connectivity index (χ0v) is 7.94. The maximum Gasteiger partial charge on any atom is 0.416 e. The third-order valence-electron chi connectivity index (χ3n) is 1.71. The number of guanidine groups is 1. The highest BCUT2D eigenvalue weighted by atomic mass is 19.4. The van der Waals surface area contributed by atoms with Gasteiger partial charge in [0.05, 0.1) is 5.56 Å². The van der Waals surface area contributed by atoms with E-state index in [2.05, 4.69) is 10.6 Å². The molecule has 0 aromatic heterocycles. The van der Waals surface area contributed by atoms with Crippen LogP contribution in [0.2, 0.25) is 0 Å². The Morgan fingerprint density at radius 3 is 2.53 bits per heavy atom. The lowest BCUT2D eigenvalue weighted by atomic mass is 10.2. The predicted octanol–water partition coefficient (Wildman–Crippen LogP) is 2.27. The molecule has 15 heavy (non-hydrogen) atoms. The number of hydrogen-bond donors (Lipinski definition) is 3. The van der Waals surface area contributed by atoms with Crippen LogP contribution in [-0.2, 0) is 6.18 Å². The van der Waals surface area contributed by atoms with Gasteiger partial charge in [-0.2, -0.15) is 13.2 Å². The third-order valence-corrected chi connectivity index (χ3v) is 1.71. The van der Waals surface area contributed by atoms with Crippen LogP contribution in [0.4, 0.5) is 18.9 Å². The Hall–Kier alpha value is -1.72. The number of halogens is 3. The number of nitrogens with one attached hydrogen (secondary N) is 3. The van der Waals surface area contributed by atoms with Gasteiger partial charge in [-0.05, 0) is 18.2 Å². The molecule has 3 nitrogen and oxygen atoms in total. The molecule has 1 aromatic carbocycles. The van der Waals surface area contributed by atoms with Gasteiger partial charge in [-0.25, -0.2) is 0 Å². The summed E-state index contributed by atoms with van der Waals surface area (Å²) in [6.45, 7) is 0. The van der Waals surface area contributed by atoms with E-state index >= 15 is 0 Å². The molecule has 0 radical (unpaired) electrons. The molecular formula is C9H10F3N3. The Morgan fingerprint density at radius 2 is 2.00 bits per heavy atom. The molecule has 0 saturated carbocycles. The van der Waals surface area contributed by atoms with E-state index in [1.807, 2.05) is 0 Å². The van der Waals surface area contributed by atoms with Gasteiger partial charge in [0.1, 0.15) is 0 Å². The van der Waals surface area contributed by atoms with Gasteiger partial charge in [0, 0.05) is 12.7 Å². The topological polar surface area (TPSA) is 47.9 Å². The van der Waals surface area contributed by atoms with Crippen LogP contribution in [0, 0.1) is 5.41 Å². The minimum Gasteiger partial charge on any atom is -0.359 e. The SMILES string of the molecule is CNC(=N)Nc1cccc(C(F)(F)F)c1. The molecule has 0 unspecified atom stereocenters. The second kappa shape index (κ2) is 4.20. The van der Waals surface area contributed by atoms with Crippen molar-refractivity contribution in [3.05, 3.63) is 29.8 Å². The van der Waals surface area contributed by atoms with E-state index in [9.17, 15) is 13.2 Å². The average molecular weight is 217 g/mol. The average Bonchev–Trinajstić information content (AvgIpc) is 2.17. The van der Waals surface area contributed by atoms with Crippen molar-refractivity contribution < 1.29 is 13.2 Å². The van der Waals surface area contributed by atoms with Crippen LogP contribution in [-0.4, -0.2) is 13.0 Å². The van der Waals surface area contributed by atoms with Gasteiger partial charge in [0.2, 0.25) is 0 Å². The van der Waals surface area contributed by atoms with Crippen molar-refractivity contribution in [2.45, 2.75) is 6.18 Å². The van der Waals surface area contributed by atoms with E-state index in [0.717, 1.165) is 12.1 Å². The number of anilines is 1. The highest BCUT2D eigenvalue weighted by molar-refractivity contribution is 5.90. The molecule has 0 saturated heterocycles. The van der Waals surface area contributed by atoms with Crippen molar-refractivity contribution in [2.24, 2.45) is 0 Å². The molecule has 0 bridgehead atoms. The minimum absolute atomic E-state index is 0.0608. The van der Waals surface area contributed by atoms with Crippen molar-refractivity contribution in [3.8, 4) is 0 Å². The fourth-order valence-corrected chi connectivity index (χ4v) is 0.980. The van der Waals surface area contributed by atoms with Crippen molar-refractivity contribution in [1.82, 2.24) is 5.32 Å². The number of benzene rings is 1. The monoisotopic (exact) mass is 217 g/mol. The Morgan fingerprint density at radius 1 is 1.33 bits per heavy atom. The maximum absolute atomic E-state index is 12.3. The predicted molar refractivity (Wildman–Crippen MR) is 51.9 cm³/mol. The van der Waals surface area contributed by atoms with E-state index in [4.69, 9.17) is 5.41 Å². The van der Waals surface area contributed by atoms with Crippen LogP contribution in [0.1, 0.15) is 5.56 Å². The summed E-state index contributed by atoms with van der Waals surface area (Å²) < 4.78 is 36.9. The second-order valence-electron chi connectivity index (χ2n) is 2.83. The van der Waals surface area contributed by atoms with Gasteiger partial charge in [-0.1, -0.05) is 6.07 Å². The Kier molecular flexibility index (Phi) is 3.18. The summed E-state index contributed by atoms with van der Waals surface area (Å²) in [5.74, 6) is -0.0608. The standard InChI is InChI=1S/C9H10F3N3/c1-14-8(13)15-7-4-2-3-6(5-7)9(10,11)12/h2-5H,1H3,(H3,13,14,15). The summed E-state index contributed by atoms with van der Waals surface area (Å²) in [6.07, 6.45) is -4.36. The first kappa shape index (κ1) is 11.4. The lowest BCUT2D eigenvalue weighted by molar-refractivity contribution is -0.137. The molecule has 0 heterocycles. The Bertz CT molecular complexity index is 360. The molecule has 0 aliphatic carbocycles. The molecule has 1 aromatic rings. The van der Waals surface area contributed by atoms with Crippen molar-refractivity contribution >= 4 is 11.6 Å². The number of rotatable bonds is 1. The lowest BCUT2D eigenvalue weighted by Crippen LogP contribution is -2.25. The number of hydrogen-bond acceptors (Lipinski definition) is 1. The van der Waals surface area contributed by atoms with Crippen molar-refractivity contribution in [1.29, 1.82) is 5.41 Å². The van der Waals surface area contributed by atoms with Crippen LogP contribution >= 0.6 is 0 Å². The molecule has 0 fully saturated rings. The van der Waals surface area contributed by atoms with Gasteiger partial charge in [0.25, 0.3) is 0 Å². The van der Waals surface area contributed by atoms with Gasteiger partial charge in [-0.3, -0.25) is 5.41 Å². The van der Waals surface area contributed by atoms with Crippen LogP contribution in [0.25, 0.3) is 0 Å². The van der Waals surface area contributed by atoms with E-state index in [1.54, 1.807) is 0 Å². The molecule has 0 aliphatic heterocycles. The number of alkyl halides is 3. The molecule has 0 aliphatic rings. The van der Waals surface area contributed by atoms with Crippen LogP contribution < -0.4 is 10.6 Å². The van der Waals surface area contributed by atoms with E-state index in [0.29, 0.717) is 0 Å². The van der Waals surface area contributed by atoms with E-state index in [-0.39, 0.29) is 11.6 Å². The molecule has 82 valence electrons. The van der Waals surface area contributed by atoms with E-state index < -0.39 is 11.7 Å². The van der Waals surface area contributed by atoms with E-state index in [1.165, 1.54) is 19.2 Å². The first-order valence-corrected chi connectivity index (χ1v) is 4.14. The Balaban J connectivity index is 2.88. The lowest BCUT2D eigenvalue weighted by Gasteiger charge is -2.10. The zero-order valence-electron chi connectivity index (χ0n) is 7.94. The molecule has 1 rings (SSSR count). The van der Waals surface area contributed by atoms with Crippen LogP contribution in [0.15, 0.2) is 24.3 Å². The molecule has 3 N–H and O–H groups in total. The van der Waals surface area contributed by atoms with Gasteiger partial charge in [0.15, 0.2) is 5.96 Å². The summed E-state index contributed by atoms with van der Waals surface area (Å²) in [7, 11) is 1.50. The molecule has 0 atom stereocenters. The molecule has 0 spiro atoms. The smallest absolute Gasteiger partial charge is 0.359 e.